The number of likely N-dealkylation sites (tertiary alicyclic amines) is 1. The lowest BCUT2D eigenvalue weighted by Gasteiger charge is -2.40. The van der Waals surface area contributed by atoms with E-state index >= 15 is 0 Å². The average Bonchev–Trinajstić information content (AvgIpc) is 2.97. The van der Waals surface area contributed by atoms with Gasteiger partial charge in [-0.3, -0.25) is 4.57 Å². The minimum atomic E-state index is 0. The molecule has 1 aromatic carbocycles. The third-order valence-electron chi connectivity index (χ3n) is 6.23. The van der Waals surface area contributed by atoms with E-state index in [0.717, 1.165) is 37.0 Å². The van der Waals surface area contributed by atoms with E-state index in [9.17, 15) is 4.79 Å². The lowest BCUT2D eigenvalue weighted by molar-refractivity contribution is 0.0296. The van der Waals surface area contributed by atoms with Crippen LogP contribution in [0.25, 0.3) is 11.0 Å². The number of piperidine rings is 1. The van der Waals surface area contributed by atoms with E-state index in [1.165, 1.54) is 31.2 Å². The molecule has 0 amide bonds. The summed E-state index contributed by atoms with van der Waals surface area (Å²) in [4.78, 5) is 18.1. The molecule has 6 heteroatoms. The van der Waals surface area contributed by atoms with Gasteiger partial charge in [0.25, 0.3) is 0 Å². The fourth-order valence-electron chi connectivity index (χ4n) is 4.75. The van der Waals surface area contributed by atoms with E-state index in [0.29, 0.717) is 18.2 Å². The normalized spacial score (nSPS) is 25.3. The van der Waals surface area contributed by atoms with Gasteiger partial charge in [-0.2, -0.15) is 0 Å². The number of ether oxygens (including phenoxy) is 1. The van der Waals surface area contributed by atoms with Gasteiger partial charge in [-0.1, -0.05) is 6.07 Å². The number of nitrogens with one attached hydrogen (secondary N) is 1. The van der Waals surface area contributed by atoms with Gasteiger partial charge in [0.15, 0.2) is 0 Å². The number of imidazole rings is 1. The Morgan fingerprint density at radius 2 is 1.73 bits per heavy atom. The molecular weight excluding hydrogens is 350 g/mol. The molecule has 0 bridgehead atoms. The number of fused-ring (bicyclic) bond motifs is 1. The van der Waals surface area contributed by atoms with E-state index in [-0.39, 0.29) is 18.1 Å². The highest BCUT2D eigenvalue weighted by molar-refractivity contribution is 5.85. The van der Waals surface area contributed by atoms with Crippen LogP contribution in [0.15, 0.2) is 23.0 Å². The van der Waals surface area contributed by atoms with Gasteiger partial charge in [-0.15, -0.1) is 12.4 Å². The molecule has 0 radical (unpaired) electrons. The SMILES string of the molecule is CO[C@H]1CC[C@@H](N2CCC(n3c(=O)[nH]c4ccc(C)cc43)CC2)CC1.Cl. The summed E-state index contributed by atoms with van der Waals surface area (Å²) >= 11 is 0. The molecule has 0 spiro atoms. The van der Waals surface area contributed by atoms with Gasteiger partial charge in [0.05, 0.1) is 17.1 Å². The Kier molecular flexibility index (Phi) is 6.10. The standard InChI is InChI=1S/C20H29N3O2.ClH/c1-14-3-8-18-19(13-14)23(20(24)21-18)16-9-11-22(12-10-16)15-4-6-17(25-2)7-5-15;/h3,8,13,15-17H,4-7,9-12H2,1-2H3,(H,21,24);1H/t15-,17+;. The van der Waals surface area contributed by atoms with Gasteiger partial charge >= 0.3 is 5.69 Å². The maximum absolute atomic E-state index is 12.5. The largest absolute Gasteiger partial charge is 0.381 e. The number of rotatable bonds is 3. The predicted molar refractivity (Wildman–Crippen MR) is 107 cm³/mol. The Labute approximate surface area is 161 Å². The summed E-state index contributed by atoms with van der Waals surface area (Å²) in [6.07, 6.45) is 7.44. The second kappa shape index (κ2) is 8.15. The number of aryl methyl sites for hydroxylation is 1. The number of benzene rings is 1. The summed E-state index contributed by atoms with van der Waals surface area (Å²) in [6.45, 7) is 4.27. The molecule has 144 valence electrons. The fraction of sp³-hybridized carbons (Fsp3) is 0.650. The number of aromatic amines is 1. The van der Waals surface area contributed by atoms with Crippen LogP contribution in [0.5, 0.6) is 0 Å². The number of halogens is 1. The fourth-order valence-corrected chi connectivity index (χ4v) is 4.75. The third kappa shape index (κ3) is 3.71. The molecule has 2 aliphatic rings. The molecule has 1 aliphatic carbocycles. The van der Waals surface area contributed by atoms with Crippen LogP contribution in [0, 0.1) is 6.92 Å². The molecular formula is C20H30ClN3O2. The summed E-state index contributed by atoms with van der Waals surface area (Å²) in [5, 5.41) is 0. The number of methoxy groups -OCH3 is 1. The summed E-state index contributed by atoms with van der Waals surface area (Å²) in [6, 6.07) is 7.22. The van der Waals surface area contributed by atoms with E-state index in [4.69, 9.17) is 4.74 Å². The maximum Gasteiger partial charge on any atom is 0.326 e. The molecule has 2 heterocycles. The van der Waals surface area contributed by atoms with E-state index in [2.05, 4.69) is 28.9 Å². The summed E-state index contributed by atoms with van der Waals surface area (Å²) in [7, 11) is 1.83. The Morgan fingerprint density at radius 1 is 1.04 bits per heavy atom. The first-order valence-electron chi connectivity index (χ1n) is 9.63. The molecule has 1 N–H and O–H groups in total. The number of hydrogen-bond acceptors (Lipinski definition) is 3. The predicted octanol–water partition coefficient (Wildman–Crippen LogP) is 3.65. The zero-order valence-electron chi connectivity index (χ0n) is 15.7. The van der Waals surface area contributed by atoms with E-state index in [1.54, 1.807) is 0 Å². The number of aromatic nitrogens is 2. The average molecular weight is 380 g/mol. The first-order chi connectivity index (χ1) is 12.2. The molecule has 4 rings (SSSR count). The Morgan fingerprint density at radius 3 is 2.38 bits per heavy atom. The molecule has 1 saturated heterocycles. The van der Waals surface area contributed by atoms with Gasteiger partial charge in [0.2, 0.25) is 0 Å². The molecule has 2 fully saturated rings. The van der Waals surface area contributed by atoms with Crippen molar-refractivity contribution >= 4 is 23.4 Å². The highest BCUT2D eigenvalue weighted by Gasteiger charge is 2.30. The van der Waals surface area contributed by atoms with Gasteiger partial charge in [-0.25, -0.2) is 4.79 Å². The lowest BCUT2D eigenvalue weighted by atomic mass is 9.90. The van der Waals surface area contributed by atoms with Crippen molar-refractivity contribution in [1.82, 2.24) is 14.5 Å². The summed E-state index contributed by atoms with van der Waals surface area (Å²) in [5.41, 5.74) is 3.26. The molecule has 0 atom stereocenters. The molecule has 5 nitrogen and oxygen atoms in total. The topological polar surface area (TPSA) is 50.3 Å². The van der Waals surface area contributed by atoms with Crippen LogP contribution in [0.3, 0.4) is 0 Å². The van der Waals surface area contributed by atoms with Crippen molar-refractivity contribution in [3.8, 4) is 0 Å². The van der Waals surface area contributed by atoms with Crippen LogP contribution in [0.4, 0.5) is 0 Å². The monoisotopic (exact) mass is 379 g/mol. The lowest BCUT2D eigenvalue weighted by Crippen LogP contribution is -2.45. The van der Waals surface area contributed by atoms with Crippen LogP contribution in [-0.2, 0) is 4.74 Å². The molecule has 1 saturated carbocycles. The van der Waals surface area contributed by atoms with Crippen LogP contribution in [0.1, 0.15) is 50.1 Å². The van der Waals surface area contributed by atoms with Crippen molar-refractivity contribution in [3.63, 3.8) is 0 Å². The van der Waals surface area contributed by atoms with Crippen molar-refractivity contribution in [3.05, 3.63) is 34.2 Å². The minimum Gasteiger partial charge on any atom is -0.381 e. The number of hydrogen-bond donors (Lipinski definition) is 1. The molecule has 1 aliphatic heterocycles. The van der Waals surface area contributed by atoms with Gasteiger partial charge in [0.1, 0.15) is 0 Å². The Balaban J connectivity index is 0.00000196. The van der Waals surface area contributed by atoms with Crippen LogP contribution in [0.2, 0.25) is 0 Å². The van der Waals surface area contributed by atoms with E-state index in [1.807, 2.05) is 17.7 Å². The molecule has 0 unspecified atom stereocenters. The second-order valence-electron chi connectivity index (χ2n) is 7.75. The maximum atomic E-state index is 12.5. The molecule has 2 aromatic rings. The Hall–Kier alpha value is -1.30. The summed E-state index contributed by atoms with van der Waals surface area (Å²) in [5.74, 6) is 0. The van der Waals surface area contributed by atoms with Crippen LogP contribution < -0.4 is 5.69 Å². The van der Waals surface area contributed by atoms with Crippen molar-refractivity contribution in [2.45, 2.75) is 63.6 Å². The summed E-state index contributed by atoms with van der Waals surface area (Å²) < 4.78 is 7.50. The molecule has 1 aromatic heterocycles. The molecule has 26 heavy (non-hydrogen) atoms. The smallest absolute Gasteiger partial charge is 0.326 e. The van der Waals surface area contributed by atoms with Crippen LogP contribution >= 0.6 is 12.4 Å². The minimum absolute atomic E-state index is 0. The highest BCUT2D eigenvalue weighted by Crippen LogP contribution is 2.30. The first-order valence-corrected chi connectivity index (χ1v) is 9.63. The van der Waals surface area contributed by atoms with Gasteiger partial charge < -0.3 is 14.6 Å². The van der Waals surface area contributed by atoms with Crippen molar-refractivity contribution in [2.75, 3.05) is 20.2 Å². The van der Waals surface area contributed by atoms with Gasteiger partial charge in [0, 0.05) is 32.3 Å². The number of H-pyrrole nitrogens is 1. The Bertz CT molecular complexity index is 784. The zero-order valence-corrected chi connectivity index (χ0v) is 16.6. The van der Waals surface area contributed by atoms with Crippen molar-refractivity contribution in [1.29, 1.82) is 0 Å². The van der Waals surface area contributed by atoms with Crippen LogP contribution in [-0.4, -0.2) is 46.8 Å². The van der Waals surface area contributed by atoms with Crippen molar-refractivity contribution < 1.29 is 4.74 Å². The van der Waals surface area contributed by atoms with E-state index < -0.39 is 0 Å². The number of nitrogens with zero attached hydrogens (tertiary/aromatic N) is 2. The highest BCUT2D eigenvalue weighted by atomic mass is 35.5. The quantitative estimate of drug-likeness (QED) is 0.885. The second-order valence-corrected chi connectivity index (χ2v) is 7.75. The van der Waals surface area contributed by atoms with Gasteiger partial charge in [-0.05, 0) is 63.1 Å². The zero-order chi connectivity index (χ0) is 17.4. The third-order valence-corrected chi connectivity index (χ3v) is 6.23. The van der Waals surface area contributed by atoms with Crippen molar-refractivity contribution in [2.24, 2.45) is 0 Å². The first kappa shape index (κ1) is 19.5.